The van der Waals surface area contributed by atoms with Crippen molar-refractivity contribution in [1.29, 1.82) is 0 Å². The van der Waals surface area contributed by atoms with Gasteiger partial charge in [0.05, 0.1) is 10.7 Å². The molecule has 0 spiro atoms. The Kier molecular flexibility index (Phi) is 5.18. The lowest BCUT2D eigenvalue weighted by atomic mass is 10.3. The maximum absolute atomic E-state index is 13.7. The van der Waals surface area contributed by atoms with Gasteiger partial charge in [-0.1, -0.05) is 23.2 Å². The summed E-state index contributed by atoms with van der Waals surface area (Å²) in [6.07, 6.45) is 2.44. The average Bonchev–Trinajstić information content (AvgIpc) is 3.09. The monoisotopic (exact) mass is 431 g/mol. The van der Waals surface area contributed by atoms with Crippen molar-refractivity contribution >= 4 is 39.1 Å². The molecular weight excluding hydrogens is 423 g/mol. The number of halogens is 4. The molecule has 0 aliphatic heterocycles. The first-order valence-electron chi connectivity index (χ1n) is 7.19. The number of rotatable bonds is 4. The number of hydrogen-bond donors (Lipinski definition) is 1. The maximum Gasteiger partial charge on any atom is 0.285 e. The Labute approximate surface area is 162 Å². The molecule has 0 fully saturated rings. The van der Waals surface area contributed by atoms with Gasteiger partial charge in [0.1, 0.15) is 28.6 Å². The predicted octanol–water partition coefficient (Wildman–Crippen LogP) is 3.58. The van der Waals surface area contributed by atoms with Gasteiger partial charge in [0, 0.05) is 11.2 Å². The number of benzene rings is 2. The molecule has 0 radical (unpaired) electrons. The molecule has 0 aliphatic carbocycles. The highest BCUT2D eigenvalue weighted by Crippen LogP contribution is 2.24. The standard InChI is InChI=1S/C16H9Cl2F2N3O3S/c17-9-1-3-11(18)14(5-9)23-7-13(21-8-23)16(24)22-27(25,26)15-6-10(19)2-4-12(15)20/h1-8H,(H,22,24). The van der Waals surface area contributed by atoms with Gasteiger partial charge in [0.2, 0.25) is 0 Å². The number of imidazole rings is 1. The van der Waals surface area contributed by atoms with Crippen LogP contribution < -0.4 is 4.72 Å². The van der Waals surface area contributed by atoms with Crippen molar-refractivity contribution in [2.45, 2.75) is 4.90 Å². The highest BCUT2D eigenvalue weighted by atomic mass is 35.5. The molecule has 2 aromatic carbocycles. The van der Waals surface area contributed by atoms with Crippen LogP contribution in [-0.2, 0) is 10.0 Å². The number of nitrogens with zero attached hydrogens (tertiary/aromatic N) is 2. The summed E-state index contributed by atoms with van der Waals surface area (Å²) in [4.78, 5) is 15.0. The number of carbonyl (C=O) groups excluding carboxylic acids is 1. The Hall–Kier alpha value is -2.49. The average molecular weight is 432 g/mol. The summed E-state index contributed by atoms with van der Waals surface area (Å²) in [6.45, 7) is 0. The second-order valence-corrected chi connectivity index (χ2v) is 7.77. The summed E-state index contributed by atoms with van der Waals surface area (Å²) in [6, 6.07) is 6.49. The molecule has 27 heavy (non-hydrogen) atoms. The Morgan fingerprint density at radius 3 is 2.59 bits per heavy atom. The lowest BCUT2D eigenvalue weighted by molar-refractivity contribution is 0.0977. The van der Waals surface area contributed by atoms with Crippen LogP contribution >= 0.6 is 23.2 Å². The van der Waals surface area contributed by atoms with Crippen LogP contribution in [0.4, 0.5) is 8.78 Å². The first-order chi connectivity index (χ1) is 12.7. The van der Waals surface area contributed by atoms with E-state index in [0.29, 0.717) is 27.9 Å². The fourth-order valence-electron chi connectivity index (χ4n) is 2.17. The number of carbonyl (C=O) groups is 1. The van der Waals surface area contributed by atoms with Crippen molar-refractivity contribution < 1.29 is 22.0 Å². The molecule has 3 aromatic rings. The number of nitrogens with one attached hydrogen (secondary N) is 1. The smallest absolute Gasteiger partial charge is 0.285 e. The molecule has 0 unspecified atom stereocenters. The Balaban J connectivity index is 1.88. The van der Waals surface area contributed by atoms with E-state index in [4.69, 9.17) is 23.2 Å². The number of amides is 1. The first kappa shape index (κ1) is 19.3. The molecule has 1 aromatic heterocycles. The summed E-state index contributed by atoms with van der Waals surface area (Å²) >= 11 is 12.0. The molecular formula is C16H9Cl2F2N3O3S. The van der Waals surface area contributed by atoms with Gasteiger partial charge in [-0.3, -0.25) is 4.79 Å². The van der Waals surface area contributed by atoms with E-state index in [9.17, 15) is 22.0 Å². The van der Waals surface area contributed by atoms with Gasteiger partial charge >= 0.3 is 0 Å². The Bertz CT molecular complexity index is 1150. The van der Waals surface area contributed by atoms with Crippen molar-refractivity contribution in [3.63, 3.8) is 0 Å². The molecule has 140 valence electrons. The predicted molar refractivity (Wildman–Crippen MR) is 94.6 cm³/mol. The fourth-order valence-corrected chi connectivity index (χ4v) is 3.60. The minimum Gasteiger partial charge on any atom is -0.304 e. The van der Waals surface area contributed by atoms with Crippen LogP contribution in [-0.4, -0.2) is 23.9 Å². The van der Waals surface area contributed by atoms with Gasteiger partial charge < -0.3 is 4.57 Å². The van der Waals surface area contributed by atoms with Crippen molar-refractivity contribution in [1.82, 2.24) is 14.3 Å². The molecule has 0 aliphatic rings. The van der Waals surface area contributed by atoms with Crippen molar-refractivity contribution in [2.24, 2.45) is 0 Å². The quantitative estimate of drug-likeness (QED) is 0.684. The van der Waals surface area contributed by atoms with Gasteiger partial charge in [0.15, 0.2) is 0 Å². The zero-order chi connectivity index (χ0) is 19.8. The number of aromatic nitrogens is 2. The van der Waals surface area contributed by atoms with Crippen LogP contribution in [0, 0.1) is 11.6 Å². The normalized spacial score (nSPS) is 11.4. The van der Waals surface area contributed by atoms with Crippen LogP contribution in [0.1, 0.15) is 10.5 Å². The topological polar surface area (TPSA) is 81.1 Å². The van der Waals surface area contributed by atoms with Crippen molar-refractivity contribution in [3.8, 4) is 5.69 Å². The largest absolute Gasteiger partial charge is 0.304 e. The van der Waals surface area contributed by atoms with Crippen LogP contribution in [0.25, 0.3) is 5.69 Å². The highest BCUT2D eigenvalue weighted by Gasteiger charge is 2.24. The van der Waals surface area contributed by atoms with E-state index in [1.54, 1.807) is 10.8 Å². The lowest BCUT2D eigenvalue weighted by Gasteiger charge is -2.07. The molecule has 11 heteroatoms. The Morgan fingerprint density at radius 1 is 1.11 bits per heavy atom. The summed E-state index contributed by atoms with van der Waals surface area (Å²) in [7, 11) is -4.64. The van der Waals surface area contributed by atoms with E-state index in [-0.39, 0.29) is 5.69 Å². The fraction of sp³-hybridized carbons (Fsp3) is 0. The van der Waals surface area contributed by atoms with Gasteiger partial charge in [0.25, 0.3) is 15.9 Å². The summed E-state index contributed by atoms with van der Waals surface area (Å²) in [5.41, 5.74) is 0.126. The second kappa shape index (κ2) is 7.26. The minimum absolute atomic E-state index is 0.286. The van der Waals surface area contributed by atoms with Crippen LogP contribution in [0.2, 0.25) is 10.0 Å². The van der Waals surface area contributed by atoms with Gasteiger partial charge in [-0.05, 0) is 36.4 Å². The van der Waals surface area contributed by atoms with Crippen molar-refractivity contribution in [2.75, 3.05) is 0 Å². The zero-order valence-electron chi connectivity index (χ0n) is 13.2. The zero-order valence-corrected chi connectivity index (χ0v) is 15.5. The van der Waals surface area contributed by atoms with E-state index in [2.05, 4.69) is 4.98 Å². The Morgan fingerprint density at radius 2 is 1.85 bits per heavy atom. The van der Waals surface area contributed by atoms with Gasteiger partial charge in [-0.15, -0.1) is 0 Å². The van der Waals surface area contributed by atoms with Crippen molar-refractivity contribution in [3.05, 3.63) is 76.3 Å². The van der Waals surface area contributed by atoms with E-state index in [1.807, 2.05) is 0 Å². The van der Waals surface area contributed by atoms with Gasteiger partial charge in [-0.25, -0.2) is 26.9 Å². The van der Waals surface area contributed by atoms with E-state index in [1.165, 1.54) is 29.2 Å². The molecule has 1 N–H and O–H groups in total. The van der Waals surface area contributed by atoms with Crippen LogP contribution in [0.3, 0.4) is 0 Å². The first-order valence-corrected chi connectivity index (χ1v) is 9.43. The highest BCUT2D eigenvalue weighted by molar-refractivity contribution is 7.90. The molecule has 1 amide bonds. The maximum atomic E-state index is 13.7. The summed E-state index contributed by atoms with van der Waals surface area (Å²) in [5.74, 6) is -3.30. The van der Waals surface area contributed by atoms with Gasteiger partial charge in [-0.2, -0.15) is 0 Å². The molecule has 0 saturated carbocycles. The number of hydrogen-bond acceptors (Lipinski definition) is 4. The molecule has 0 bridgehead atoms. The van der Waals surface area contributed by atoms with E-state index in [0.717, 1.165) is 6.07 Å². The third-order valence-electron chi connectivity index (χ3n) is 3.41. The lowest BCUT2D eigenvalue weighted by Crippen LogP contribution is -2.31. The number of sulfonamides is 1. The molecule has 3 rings (SSSR count). The van der Waals surface area contributed by atoms with Crippen LogP contribution in [0.5, 0.6) is 0 Å². The SMILES string of the molecule is O=C(NS(=O)(=O)c1cc(F)ccc1F)c1cn(-c2cc(Cl)ccc2Cl)cn1. The molecule has 1 heterocycles. The third-order valence-corrected chi connectivity index (χ3v) is 5.31. The van der Waals surface area contributed by atoms with E-state index < -0.39 is 32.5 Å². The summed E-state index contributed by atoms with van der Waals surface area (Å²) in [5, 5.41) is 0.705. The second-order valence-electron chi connectivity index (χ2n) is 5.27. The third kappa shape index (κ3) is 4.10. The van der Waals surface area contributed by atoms with E-state index >= 15 is 0 Å². The summed E-state index contributed by atoms with van der Waals surface area (Å²) < 4.78 is 54.2. The minimum atomic E-state index is -4.64. The molecule has 0 atom stereocenters. The molecule has 0 saturated heterocycles. The van der Waals surface area contributed by atoms with Crippen LogP contribution in [0.15, 0.2) is 53.8 Å². The molecule has 6 nitrogen and oxygen atoms in total.